The van der Waals surface area contributed by atoms with E-state index in [9.17, 15) is 18.5 Å². The summed E-state index contributed by atoms with van der Waals surface area (Å²) in [6, 6.07) is 8.54. The minimum absolute atomic E-state index is 0.0650. The van der Waals surface area contributed by atoms with E-state index in [-0.39, 0.29) is 16.3 Å². The number of nitrogens with one attached hydrogen (secondary N) is 1. The highest BCUT2D eigenvalue weighted by molar-refractivity contribution is 7.99. The molecular formula is C14H13ClN2O4S2. The summed E-state index contributed by atoms with van der Waals surface area (Å²) in [5.41, 5.74) is 0.635. The molecule has 0 aliphatic carbocycles. The van der Waals surface area contributed by atoms with Crippen molar-refractivity contribution in [3.05, 3.63) is 57.1 Å². The van der Waals surface area contributed by atoms with Crippen LogP contribution in [0.2, 0.25) is 5.02 Å². The van der Waals surface area contributed by atoms with Gasteiger partial charge in [-0.2, -0.15) is 0 Å². The molecule has 0 bridgehead atoms. The van der Waals surface area contributed by atoms with Gasteiger partial charge in [0.15, 0.2) is 0 Å². The number of anilines is 1. The van der Waals surface area contributed by atoms with Gasteiger partial charge in [0.2, 0.25) is 0 Å². The van der Waals surface area contributed by atoms with Crippen molar-refractivity contribution in [2.45, 2.75) is 16.7 Å². The standard InChI is InChI=1S/C14H13ClN2O4S2/c1-9-7-11(17(18)19)4-5-12(9)16-23(20,21)14-8-10(15)3-6-13(14)22-2/h3-8,16H,1-2H3. The van der Waals surface area contributed by atoms with Crippen LogP contribution < -0.4 is 4.72 Å². The average molecular weight is 373 g/mol. The van der Waals surface area contributed by atoms with Crippen LogP contribution in [0.25, 0.3) is 0 Å². The fraction of sp³-hybridized carbons (Fsp3) is 0.143. The highest BCUT2D eigenvalue weighted by Crippen LogP contribution is 2.30. The van der Waals surface area contributed by atoms with E-state index >= 15 is 0 Å². The van der Waals surface area contributed by atoms with E-state index in [1.807, 2.05) is 0 Å². The van der Waals surface area contributed by atoms with E-state index in [0.717, 1.165) is 0 Å². The van der Waals surface area contributed by atoms with Gasteiger partial charge in [-0.25, -0.2) is 8.42 Å². The normalized spacial score (nSPS) is 11.3. The molecule has 0 aliphatic heterocycles. The van der Waals surface area contributed by atoms with Gasteiger partial charge in [0.1, 0.15) is 4.90 Å². The Balaban J connectivity index is 2.43. The number of hydrogen-bond acceptors (Lipinski definition) is 5. The molecule has 1 N–H and O–H groups in total. The van der Waals surface area contributed by atoms with Gasteiger partial charge in [0.25, 0.3) is 15.7 Å². The van der Waals surface area contributed by atoms with Crippen molar-refractivity contribution in [3.8, 4) is 0 Å². The lowest BCUT2D eigenvalue weighted by Crippen LogP contribution is -2.14. The molecule has 0 aromatic heterocycles. The van der Waals surface area contributed by atoms with Crippen molar-refractivity contribution in [1.82, 2.24) is 0 Å². The third-order valence-corrected chi connectivity index (χ3v) is 5.65. The molecule has 9 heteroatoms. The van der Waals surface area contributed by atoms with Gasteiger partial charge >= 0.3 is 0 Å². The largest absolute Gasteiger partial charge is 0.279 e. The van der Waals surface area contributed by atoms with Crippen LogP contribution >= 0.6 is 23.4 Å². The van der Waals surface area contributed by atoms with Crippen LogP contribution in [0, 0.1) is 17.0 Å². The fourth-order valence-electron chi connectivity index (χ4n) is 1.94. The molecule has 0 radical (unpaired) electrons. The summed E-state index contributed by atoms with van der Waals surface area (Å²) in [6.45, 7) is 1.60. The summed E-state index contributed by atoms with van der Waals surface area (Å²) in [5, 5.41) is 11.1. The Hall–Kier alpha value is -1.77. The summed E-state index contributed by atoms with van der Waals surface area (Å²) < 4.78 is 27.6. The molecule has 0 saturated heterocycles. The van der Waals surface area contributed by atoms with E-state index in [0.29, 0.717) is 15.5 Å². The summed E-state index contributed by atoms with van der Waals surface area (Å²) in [6.07, 6.45) is 1.76. The van der Waals surface area contributed by atoms with Gasteiger partial charge in [0.05, 0.1) is 10.6 Å². The first-order valence-corrected chi connectivity index (χ1v) is 9.44. The average Bonchev–Trinajstić information content (AvgIpc) is 2.49. The molecule has 0 amide bonds. The van der Waals surface area contributed by atoms with Gasteiger partial charge < -0.3 is 0 Å². The van der Waals surface area contributed by atoms with Crippen LogP contribution in [0.1, 0.15) is 5.56 Å². The molecule has 0 aliphatic rings. The maximum absolute atomic E-state index is 12.6. The fourth-order valence-corrected chi connectivity index (χ4v) is 4.46. The number of aryl methyl sites for hydroxylation is 1. The Morgan fingerprint density at radius 2 is 1.91 bits per heavy atom. The topological polar surface area (TPSA) is 89.3 Å². The lowest BCUT2D eigenvalue weighted by molar-refractivity contribution is -0.384. The zero-order valence-electron chi connectivity index (χ0n) is 12.2. The zero-order chi connectivity index (χ0) is 17.2. The quantitative estimate of drug-likeness (QED) is 0.485. The molecule has 2 rings (SSSR count). The Bertz CT molecular complexity index is 869. The second-order valence-electron chi connectivity index (χ2n) is 4.66. The number of sulfonamides is 1. The number of rotatable bonds is 5. The number of benzene rings is 2. The summed E-state index contributed by atoms with van der Waals surface area (Å²) >= 11 is 7.18. The number of nitro groups is 1. The van der Waals surface area contributed by atoms with Crippen molar-refractivity contribution < 1.29 is 13.3 Å². The first-order chi connectivity index (χ1) is 10.7. The number of halogens is 1. The maximum Gasteiger partial charge on any atom is 0.269 e. The predicted octanol–water partition coefficient (Wildman–Crippen LogP) is 4.08. The minimum Gasteiger partial charge on any atom is -0.279 e. The molecule has 0 saturated carbocycles. The highest BCUT2D eigenvalue weighted by atomic mass is 35.5. The second kappa shape index (κ2) is 6.77. The third kappa shape index (κ3) is 3.95. The number of nitro benzene ring substituents is 1. The van der Waals surface area contributed by atoms with Gasteiger partial charge in [-0.15, -0.1) is 11.8 Å². The van der Waals surface area contributed by atoms with Crippen LogP contribution in [-0.4, -0.2) is 19.6 Å². The van der Waals surface area contributed by atoms with Gasteiger partial charge in [-0.1, -0.05) is 11.6 Å². The monoisotopic (exact) mass is 372 g/mol. The molecule has 2 aromatic rings. The first kappa shape index (κ1) is 17.6. The maximum atomic E-state index is 12.6. The molecular weight excluding hydrogens is 360 g/mol. The second-order valence-corrected chi connectivity index (χ2v) is 7.59. The minimum atomic E-state index is -3.86. The van der Waals surface area contributed by atoms with Gasteiger partial charge in [-0.3, -0.25) is 14.8 Å². The summed E-state index contributed by atoms with van der Waals surface area (Å²) in [5.74, 6) is 0. The smallest absolute Gasteiger partial charge is 0.269 e. The molecule has 0 atom stereocenters. The molecule has 0 fully saturated rings. The molecule has 2 aromatic carbocycles. The number of hydrogen-bond donors (Lipinski definition) is 1. The summed E-state index contributed by atoms with van der Waals surface area (Å²) in [4.78, 5) is 10.8. The van der Waals surface area contributed by atoms with E-state index in [1.165, 1.54) is 36.0 Å². The van der Waals surface area contributed by atoms with E-state index in [2.05, 4.69) is 4.72 Å². The molecule has 23 heavy (non-hydrogen) atoms. The summed E-state index contributed by atoms with van der Waals surface area (Å²) in [7, 11) is -3.86. The van der Waals surface area contributed by atoms with Crippen LogP contribution in [0.3, 0.4) is 0 Å². The molecule has 0 unspecified atom stereocenters. The van der Waals surface area contributed by atoms with Crippen LogP contribution in [0.5, 0.6) is 0 Å². The van der Waals surface area contributed by atoms with Gasteiger partial charge in [-0.05, 0) is 43.0 Å². The zero-order valence-corrected chi connectivity index (χ0v) is 14.6. The van der Waals surface area contributed by atoms with Crippen molar-refractivity contribution in [2.75, 3.05) is 11.0 Å². The van der Waals surface area contributed by atoms with E-state index < -0.39 is 14.9 Å². The van der Waals surface area contributed by atoms with E-state index in [1.54, 1.807) is 25.3 Å². The van der Waals surface area contributed by atoms with Crippen LogP contribution in [-0.2, 0) is 10.0 Å². The molecule has 0 spiro atoms. The predicted molar refractivity (Wildman–Crippen MR) is 91.9 cm³/mol. The molecule has 6 nitrogen and oxygen atoms in total. The Morgan fingerprint density at radius 3 is 2.48 bits per heavy atom. The first-order valence-electron chi connectivity index (χ1n) is 6.36. The molecule has 0 heterocycles. The Morgan fingerprint density at radius 1 is 1.22 bits per heavy atom. The van der Waals surface area contributed by atoms with Crippen LogP contribution in [0.4, 0.5) is 11.4 Å². The van der Waals surface area contributed by atoms with E-state index in [4.69, 9.17) is 11.6 Å². The Kier molecular flexibility index (Phi) is 5.18. The Labute approximate surface area is 143 Å². The SMILES string of the molecule is CSc1ccc(Cl)cc1S(=O)(=O)Nc1ccc([N+](=O)[O-])cc1C. The third-order valence-electron chi connectivity index (χ3n) is 3.08. The lowest BCUT2D eigenvalue weighted by atomic mass is 10.2. The van der Waals surface area contributed by atoms with Gasteiger partial charge in [0, 0.05) is 22.1 Å². The number of thioether (sulfide) groups is 1. The lowest BCUT2D eigenvalue weighted by Gasteiger charge is -2.13. The van der Waals surface area contributed by atoms with Crippen molar-refractivity contribution in [2.24, 2.45) is 0 Å². The van der Waals surface area contributed by atoms with Crippen LogP contribution in [0.15, 0.2) is 46.2 Å². The van der Waals surface area contributed by atoms with Crippen molar-refractivity contribution in [3.63, 3.8) is 0 Å². The number of nitrogens with zero attached hydrogens (tertiary/aromatic N) is 1. The van der Waals surface area contributed by atoms with Crippen molar-refractivity contribution >= 4 is 44.8 Å². The number of non-ortho nitro benzene ring substituents is 1. The molecule has 122 valence electrons. The van der Waals surface area contributed by atoms with Crippen molar-refractivity contribution in [1.29, 1.82) is 0 Å². The highest BCUT2D eigenvalue weighted by Gasteiger charge is 2.20.